The summed E-state index contributed by atoms with van der Waals surface area (Å²) in [6.45, 7) is 11.4. The highest BCUT2D eigenvalue weighted by atomic mass is 79.9. The smallest absolute Gasteiger partial charge is 0.268 e. The molecular weight excluding hydrogens is 606 g/mol. The molecule has 0 saturated heterocycles. The molecule has 0 spiro atoms. The van der Waals surface area contributed by atoms with Crippen LogP contribution < -0.4 is 0 Å². The molecule has 2 heterocycles. The van der Waals surface area contributed by atoms with Crippen LogP contribution in [0.15, 0.2) is 76.2 Å². The second-order valence-corrected chi connectivity index (χ2v) is 19.6. The highest BCUT2D eigenvalue weighted by molar-refractivity contribution is 9.10. The Balaban J connectivity index is 1.61. The number of para-hydroxylation sites is 2. The van der Waals surface area contributed by atoms with Crippen LogP contribution in [0.3, 0.4) is 0 Å². The van der Waals surface area contributed by atoms with E-state index in [4.69, 9.17) is 9.72 Å². The summed E-state index contributed by atoms with van der Waals surface area (Å²) in [5, 5.41) is 0.533. The van der Waals surface area contributed by atoms with Gasteiger partial charge in [0.2, 0.25) is 5.78 Å². The lowest BCUT2D eigenvalue weighted by atomic mass is 10.0. The molecule has 0 aliphatic rings. The first kappa shape index (κ1) is 28.5. The lowest BCUT2D eigenvalue weighted by Crippen LogP contribution is -2.22. The molecule has 2 aromatic heterocycles. The predicted octanol–water partition coefficient (Wildman–Crippen LogP) is 7.15. The monoisotopic (exact) mass is 637 g/mol. The molecule has 10 heteroatoms. The molecule has 0 bridgehead atoms. The maximum absolute atomic E-state index is 14.2. The molecule has 0 aliphatic heterocycles. The van der Waals surface area contributed by atoms with E-state index in [2.05, 4.69) is 35.6 Å². The average Bonchev–Trinajstić information content (AvgIpc) is 3.49. The normalized spacial score (nSPS) is 12.4. The Morgan fingerprint density at radius 1 is 1.02 bits per heavy atom. The number of hydrogen-bond donors (Lipinski definition) is 0. The van der Waals surface area contributed by atoms with Gasteiger partial charge in [-0.15, -0.1) is 0 Å². The standard InChI is InChI=1S/C30H32BrN3O4SSi/c1-20-10-12-22(13-11-20)39(36,37)34-15-14-23-27(24(31)18-21(2)28(23)34)29(35)30-32-25-8-6-7-9-26(25)33(30)19-38-16-17-40(3,4)5/h6-15,18H,16-17,19H2,1-5H3. The number of fused-ring (bicyclic) bond motifs is 2. The first-order valence-electron chi connectivity index (χ1n) is 13.1. The molecule has 208 valence electrons. The van der Waals surface area contributed by atoms with E-state index in [1.165, 1.54) is 10.2 Å². The Morgan fingerprint density at radius 2 is 1.73 bits per heavy atom. The van der Waals surface area contributed by atoms with Crippen LogP contribution in [-0.2, 0) is 21.5 Å². The molecule has 0 fully saturated rings. The van der Waals surface area contributed by atoms with E-state index in [0.717, 1.165) is 22.7 Å². The molecule has 0 unspecified atom stereocenters. The van der Waals surface area contributed by atoms with E-state index in [9.17, 15) is 13.2 Å². The Labute approximate surface area is 244 Å². The third-order valence-corrected chi connectivity index (χ3v) is 11.0. The van der Waals surface area contributed by atoms with Gasteiger partial charge in [-0.1, -0.05) is 49.5 Å². The van der Waals surface area contributed by atoms with Crippen molar-refractivity contribution in [3.8, 4) is 0 Å². The van der Waals surface area contributed by atoms with Crippen LogP contribution in [0.4, 0.5) is 0 Å². The van der Waals surface area contributed by atoms with E-state index in [0.29, 0.717) is 33.1 Å². The molecule has 0 amide bonds. The molecule has 0 atom stereocenters. The summed E-state index contributed by atoms with van der Waals surface area (Å²) >= 11 is 3.59. The minimum atomic E-state index is -3.88. The number of nitrogens with zero attached hydrogens (tertiary/aromatic N) is 3. The number of carbonyl (C=O) groups is 1. The maximum Gasteiger partial charge on any atom is 0.268 e. The lowest BCUT2D eigenvalue weighted by molar-refractivity contribution is 0.0835. The van der Waals surface area contributed by atoms with E-state index in [1.807, 2.05) is 38.1 Å². The van der Waals surface area contributed by atoms with Crippen molar-refractivity contribution >= 4 is 61.7 Å². The van der Waals surface area contributed by atoms with Crippen LogP contribution in [-0.4, -0.2) is 42.4 Å². The summed E-state index contributed by atoms with van der Waals surface area (Å²) < 4.78 is 36.9. The first-order valence-corrected chi connectivity index (χ1v) is 19.0. The largest absolute Gasteiger partial charge is 0.361 e. The third kappa shape index (κ3) is 5.33. The van der Waals surface area contributed by atoms with Crippen LogP contribution in [0.5, 0.6) is 0 Å². The van der Waals surface area contributed by atoms with Gasteiger partial charge in [0.05, 0.1) is 21.4 Å². The Hall–Kier alpha value is -3.05. The van der Waals surface area contributed by atoms with Gasteiger partial charge in [-0.3, -0.25) is 9.36 Å². The molecule has 0 N–H and O–H groups in total. The minimum Gasteiger partial charge on any atom is -0.361 e. The zero-order chi connectivity index (χ0) is 28.8. The molecule has 0 aliphatic carbocycles. The van der Waals surface area contributed by atoms with Crippen molar-refractivity contribution in [1.82, 2.24) is 13.5 Å². The zero-order valence-electron chi connectivity index (χ0n) is 23.2. The van der Waals surface area contributed by atoms with Gasteiger partial charge in [0, 0.05) is 36.3 Å². The summed E-state index contributed by atoms with van der Waals surface area (Å²) in [4.78, 5) is 19.1. The maximum atomic E-state index is 14.2. The van der Waals surface area contributed by atoms with Gasteiger partial charge < -0.3 is 4.74 Å². The van der Waals surface area contributed by atoms with Crippen LogP contribution in [0, 0.1) is 13.8 Å². The van der Waals surface area contributed by atoms with Gasteiger partial charge in [-0.05, 0) is 77.8 Å². The predicted molar refractivity (Wildman–Crippen MR) is 165 cm³/mol. The highest BCUT2D eigenvalue weighted by Gasteiger charge is 2.27. The molecule has 3 aromatic carbocycles. The van der Waals surface area contributed by atoms with Crippen molar-refractivity contribution < 1.29 is 17.9 Å². The van der Waals surface area contributed by atoms with E-state index in [1.54, 1.807) is 41.0 Å². The van der Waals surface area contributed by atoms with Crippen LogP contribution in [0.2, 0.25) is 25.7 Å². The van der Waals surface area contributed by atoms with Gasteiger partial charge >= 0.3 is 0 Å². The fraction of sp³-hybridized carbons (Fsp3) is 0.267. The van der Waals surface area contributed by atoms with E-state index >= 15 is 0 Å². The van der Waals surface area contributed by atoms with Gasteiger partial charge in [-0.2, -0.15) is 0 Å². The van der Waals surface area contributed by atoms with Crippen LogP contribution in [0.1, 0.15) is 27.3 Å². The average molecular weight is 639 g/mol. The molecule has 0 radical (unpaired) electrons. The Morgan fingerprint density at radius 3 is 2.42 bits per heavy atom. The van der Waals surface area contributed by atoms with Crippen molar-refractivity contribution in [2.45, 2.75) is 51.2 Å². The van der Waals surface area contributed by atoms with E-state index < -0.39 is 18.1 Å². The van der Waals surface area contributed by atoms with Gasteiger partial charge in [0.1, 0.15) is 6.73 Å². The van der Waals surface area contributed by atoms with Crippen molar-refractivity contribution in [3.05, 3.63) is 93.8 Å². The molecule has 5 aromatic rings. The number of benzene rings is 3. The highest BCUT2D eigenvalue weighted by Crippen LogP contribution is 2.34. The van der Waals surface area contributed by atoms with Crippen molar-refractivity contribution in [2.75, 3.05) is 6.61 Å². The number of ether oxygens (including phenoxy) is 1. The second-order valence-electron chi connectivity index (χ2n) is 11.3. The Bertz CT molecular complexity index is 1850. The number of rotatable bonds is 9. The molecule has 7 nitrogen and oxygen atoms in total. The SMILES string of the molecule is Cc1ccc(S(=O)(=O)n2ccc3c(C(=O)c4nc5ccccc5n4COCC[Si](C)(C)C)c(Br)cc(C)c32)cc1. The molecule has 5 rings (SSSR count). The number of aromatic nitrogens is 3. The van der Waals surface area contributed by atoms with Crippen molar-refractivity contribution in [1.29, 1.82) is 0 Å². The van der Waals surface area contributed by atoms with Crippen molar-refractivity contribution in [2.24, 2.45) is 0 Å². The summed E-state index contributed by atoms with van der Waals surface area (Å²) in [5.74, 6) is -0.0680. The molecule has 0 saturated carbocycles. The quantitative estimate of drug-likeness (QED) is 0.0973. The number of halogens is 1. The number of ketones is 1. The molecule has 40 heavy (non-hydrogen) atoms. The fourth-order valence-electron chi connectivity index (χ4n) is 4.74. The fourth-order valence-corrected chi connectivity index (χ4v) is 7.65. The second kappa shape index (κ2) is 10.7. The van der Waals surface area contributed by atoms with Gasteiger partial charge in [0.25, 0.3) is 10.0 Å². The zero-order valence-corrected chi connectivity index (χ0v) is 26.6. The first-order chi connectivity index (χ1) is 18.9. The summed E-state index contributed by atoms with van der Waals surface area (Å²) in [7, 11) is -5.16. The van der Waals surface area contributed by atoms with Gasteiger partial charge in [0.15, 0.2) is 5.82 Å². The van der Waals surface area contributed by atoms with E-state index in [-0.39, 0.29) is 23.2 Å². The third-order valence-electron chi connectivity index (χ3n) is 6.96. The van der Waals surface area contributed by atoms with Gasteiger partial charge in [-0.25, -0.2) is 17.4 Å². The minimum absolute atomic E-state index is 0.183. The molecular formula is C30H32BrN3O4SSi. The number of hydrogen-bond acceptors (Lipinski definition) is 5. The summed E-state index contributed by atoms with van der Waals surface area (Å²) in [5.41, 5.74) is 4.01. The summed E-state index contributed by atoms with van der Waals surface area (Å²) in [6, 6.07) is 18.8. The lowest BCUT2D eigenvalue weighted by Gasteiger charge is -2.16. The Kier molecular flexibility index (Phi) is 7.64. The summed E-state index contributed by atoms with van der Waals surface area (Å²) in [6.07, 6.45) is 1.51. The van der Waals surface area contributed by atoms with Crippen LogP contribution >= 0.6 is 15.9 Å². The number of carbonyl (C=O) groups excluding carboxylic acids is 1. The van der Waals surface area contributed by atoms with Crippen molar-refractivity contribution in [3.63, 3.8) is 0 Å². The topological polar surface area (TPSA) is 83.2 Å². The number of aryl methyl sites for hydroxylation is 2. The van der Waals surface area contributed by atoms with Crippen LogP contribution in [0.25, 0.3) is 21.9 Å². The number of imidazole rings is 1.